The van der Waals surface area contributed by atoms with Crippen molar-refractivity contribution in [2.24, 2.45) is 5.41 Å². The van der Waals surface area contributed by atoms with Gasteiger partial charge in [0, 0.05) is 25.3 Å². The van der Waals surface area contributed by atoms with E-state index in [1.807, 2.05) is 0 Å². The largest absolute Gasteiger partial charge is 0.382 e. The van der Waals surface area contributed by atoms with Crippen LogP contribution in [0.25, 0.3) is 0 Å². The first kappa shape index (κ1) is 15.9. The Morgan fingerprint density at radius 2 is 1.69 bits per heavy atom. The van der Waals surface area contributed by atoms with Gasteiger partial charge in [-0.25, -0.2) is 0 Å². The van der Waals surface area contributed by atoms with Gasteiger partial charge in [-0.15, -0.1) is 0 Å². The van der Waals surface area contributed by atoms with Crippen molar-refractivity contribution in [3.8, 4) is 0 Å². The summed E-state index contributed by atoms with van der Waals surface area (Å²) in [5, 5.41) is 3.61. The lowest BCUT2D eigenvalue weighted by atomic mass is 9.82. The van der Waals surface area contributed by atoms with Crippen molar-refractivity contribution >= 4 is 0 Å². The molecule has 0 aromatic rings. The zero-order valence-corrected chi connectivity index (χ0v) is 12.2. The summed E-state index contributed by atoms with van der Waals surface area (Å²) in [4.78, 5) is 0. The molecule has 1 unspecified atom stereocenters. The van der Waals surface area contributed by atoms with E-state index in [4.69, 9.17) is 4.74 Å². The van der Waals surface area contributed by atoms with Gasteiger partial charge in [0.1, 0.15) is 0 Å². The fraction of sp³-hybridized carbons (Fsp3) is 1.00. The number of hydrogen-bond donors (Lipinski definition) is 1. The Kier molecular flexibility index (Phi) is 7.25. The maximum absolute atomic E-state index is 5.40. The Morgan fingerprint density at radius 1 is 1.06 bits per heavy atom. The molecule has 2 heteroatoms. The van der Waals surface area contributed by atoms with Gasteiger partial charge in [0.2, 0.25) is 0 Å². The Balaban J connectivity index is 3.91. The second kappa shape index (κ2) is 7.29. The van der Waals surface area contributed by atoms with E-state index in [0.29, 0.717) is 5.41 Å². The molecule has 0 saturated carbocycles. The molecule has 0 amide bonds. The molecule has 0 saturated heterocycles. The first-order valence-corrected chi connectivity index (χ1v) is 6.66. The third kappa shape index (κ3) is 8.12. The second-order valence-electron chi connectivity index (χ2n) is 6.07. The number of nitrogens with one attached hydrogen (secondary N) is 1. The third-order valence-electron chi connectivity index (χ3n) is 3.17. The van der Waals surface area contributed by atoms with E-state index in [1.54, 1.807) is 0 Å². The standard InChI is InChI=1S/C14H31NO/c1-7-14(6,10-9-11-16-8-2)12-15-13(3,4)5/h15H,7-12H2,1-6H3. The van der Waals surface area contributed by atoms with Gasteiger partial charge in [-0.1, -0.05) is 13.8 Å². The van der Waals surface area contributed by atoms with Crippen molar-refractivity contribution in [1.82, 2.24) is 5.32 Å². The average molecular weight is 229 g/mol. The molecule has 0 aromatic heterocycles. The summed E-state index contributed by atoms with van der Waals surface area (Å²) in [6, 6.07) is 0. The summed E-state index contributed by atoms with van der Waals surface area (Å²) >= 11 is 0. The van der Waals surface area contributed by atoms with Gasteiger partial charge in [-0.05, 0) is 52.4 Å². The fourth-order valence-corrected chi connectivity index (χ4v) is 1.61. The molecule has 98 valence electrons. The van der Waals surface area contributed by atoms with Crippen molar-refractivity contribution < 1.29 is 4.74 Å². The van der Waals surface area contributed by atoms with E-state index in [-0.39, 0.29) is 5.54 Å². The average Bonchev–Trinajstić information content (AvgIpc) is 2.21. The van der Waals surface area contributed by atoms with Crippen LogP contribution in [-0.2, 0) is 4.74 Å². The van der Waals surface area contributed by atoms with Crippen molar-refractivity contribution in [3.05, 3.63) is 0 Å². The van der Waals surface area contributed by atoms with Crippen LogP contribution in [0.2, 0.25) is 0 Å². The highest BCUT2D eigenvalue weighted by molar-refractivity contribution is 4.80. The number of ether oxygens (including phenoxy) is 1. The smallest absolute Gasteiger partial charge is 0.0466 e. The van der Waals surface area contributed by atoms with Crippen LogP contribution in [0.1, 0.15) is 60.8 Å². The molecule has 2 nitrogen and oxygen atoms in total. The molecule has 0 aliphatic carbocycles. The van der Waals surface area contributed by atoms with Crippen molar-refractivity contribution in [1.29, 1.82) is 0 Å². The highest BCUT2D eigenvalue weighted by Gasteiger charge is 2.23. The van der Waals surface area contributed by atoms with Crippen LogP contribution in [0.3, 0.4) is 0 Å². The Labute approximate surface area is 102 Å². The van der Waals surface area contributed by atoms with Crippen molar-refractivity contribution in [2.75, 3.05) is 19.8 Å². The topological polar surface area (TPSA) is 21.3 Å². The minimum atomic E-state index is 0.219. The molecule has 0 aliphatic heterocycles. The predicted molar refractivity (Wildman–Crippen MR) is 71.9 cm³/mol. The normalized spacial score (nSPS) is 16.1. The molecular weight excluding hydrogens is 198 g/mol. The second-order valence-corrected chi connectivity index (χ2v) is 6.07. The lowest BCUT2D eigenvalue weighted by molar-refractivity contribution is 0.126. The van der Waals surface area contributed by atoms with Gasteiger partial charge in [0.25, 0.3) is 0 Å². The molecule has 0 aliphatic rings. The minimum absolute atomic E-state index is 0.219. The van der Waals surface area contributed by atoms with Crippen LogP contribution >= 0.6 is 0 Å². The highest BCUT2D eigenvalue weighted by Crippen LogP contribution is 2.27. The molecule has 0 radical (unpaired) electrons. The first-order valence-electron chi connectivity index (χ1n) is 6.66. The van der Waals surface area contributed by atoms with Crippen LogP contribution in [0, 0.1) is 5.41 Å². The summed E-state index contributed by atoms with van der Waals surface area (Å²) in [5.41, 5.74) is 0.626. The van der Waals surface area contributed by atoms with E-state index < -0.39 is 0 Å². The van der Waals surface area contributed by atoms with E-state index in [0.717, 1.165) is 19.8 Å². The van der Waals surface area contributed by atoms with Gasteiger partial charge in [0.05, 0.1) is 0 Å². The molecule has 0 rings (SSSR count). The zero-order valence-electron chi connectivity index (χ0n) is 12.2. The quantitative estimate of drug-likeness (QED) is 0.642. The molecule has 0 spiro atoms. The molecule has 0 bridgehead atoms. The summed E-state index contributed by atoms with van der Waals surface area (Å²) < 4.78 is 5.40. The molecule has 0 heterocycles. The molecule has 16 heavy (non-hydrogen) atoms. The van der Waals surface area contributed by atoms with Crippen LogP contribution in [0.5, 0.6) is 0 Å². The summed E-state index contributed by atoms with van der Waals surface area (Å²) in [6.07, 6.45) is 3.64. The summed E-state index contributed by atoms with van der Waals surface area (Å²) in [7, 11) is 0. The van der Waals surface area contributed by atoms with Gasteiger partial charge >= 0.3 is 0 Å². The summed E-state index contributed by atoms with van der Waals surface area (Å²) in [5.74, 6) is 0. The van der Waals surface area contributed by atoms with Crippen LogP contribution in [0.15, 0.2) is 0 Å². The molecule has 0 aromatic carbocycles. The summed E-state index contributed by atoms with van der Waals surface area (Å²) in [6.45, 7) is 16.2. The van der Waals surface area contributed by atoms with Gasteiger partial charge in [-0.3, -0.25) is 0 Å². The Hall–Kier alpha value is -0.0800. The van der Waals surface area contributed by atoms with Crippen molar-refractivity contribution in [3.63, 3.8) is 0 Å². The van der Waals surface area contributed by atoms with Gasteiger partial charge < -0.3 is 10.1 Å². The molecule has 1 atom stereocenters. The Morgan fingerprint density at radius 3 is 2.12 bits per heavy atom. The van der Waals surface area contributed by atoms with Gasteiger partial charge in [0.15, 0.2) is 0 Å². The number of hydrogen-bond acceptors (Lipinski definition) is 2. The molecular formula is C14H31NO. The van der Waals surface area contributed by atoms with E-state index >= 15 is 0 Å². The van der Waals surface area contributed by atoms with Crippen LogP contribution < -0.4 is 5.32 Å². The van der Waals surface area contributed by atoms with Crippen LogP contribution in [-0.4, -0.2) is 25.3 Å². The maximum atomic E-state index is 5.40. The van der Waals surface area contributed by atoms with Gasteiger partial charge in [-0.2, -0.15) is 0 Å². The monoisotopic (exact) mass is 229 g/mol. The number of rotatable bonds is 8. The molecule has 1 N–H and O–H groups in total. The predicted octanol–water partition coefficient (Wildman–Crippen LogP) is 3.61. The van der Waals surface area contributed by atoms with Crippen LogP contribution in [0.4, 0.5) is 0 Å². The lowest BCUT2D eigenvalue weighted by Crippen LogP contribution is -2.42. The maximum Gasteiger partial charge on any atom is 0.0466 e. The van der Waals surface area contributed by atoms with E-state index in [1.165, 1.54) is 19.3 Å². The van der Waals surface area contributed by atoms with Crippen molar-refractivity contribution in [2.45, 2.75) is 66.3 Å². The SMILES string of the molecule is CCOCCCC(C)(CC)CNC(C)(C)C. The Bertz CT molecular complexity index is 174. The molecule has 0 fully saturated rings. The minimum Gasteiger partial charge on any atom is -0.382 e. The van der Waals surface area contributed by atoms with E-state index in [2.05, 4.69) is 46.9 Å². The fourth-order valence-electron chi connectivity index (χ4n) is 1.61. The third-order valence-corrected chi connectivity index (χ3v) is 3.17. The highest BCUT2D eigenvalue weighted by atomic mass is 16.5. The lowest BCUT2D eigenvalue weighted by Gasteiger charge is -2.33. The first-order chi connectivity index (χ1) is 7.33. The van der Waals surface area contributed by atoms with E-state index in [9.17, 15) is 0 Å². The zero-order chi connectivity index (χ0) is 12.7.